The standard InChI is InChI=1S/C48H88O14/c1-3-5-7-9-11-13-15-17-18-19-20-21-23-25-27-29-31-40(50)60-37(34-57-32-30-28-26-24-22-16-14-12-10-8-6-4-2)35-58-47-46(56)44(54)42(52)39(62-47)36-59-48-45(55)43(53)41(51)38(33-49)61-48/h13,15,18-19,37-39,41-49,51-56H,3-12,14,16-17,20-36H2,1-2H3/b15-13-,19-18-. The van der Waals surface area contributed by atoms with Gasteiger partial charge in [-0.05, 0) is 44.9 Å². The zero-order valence-corrected chi connectivity index (χ0v) is 38.4. The fourth-order valence-electron chi connectivity index (χ4n) is 7.67. The fourth-order valence-corrected chi connectivity index (χ4v) is 7.67. The highest BCUT2D eigenvalue weighted by molar-refractivity contribution is 5.69. The molecule has 2 aliphatic rings. The minimum absolute atomic E-state index is 0.0592. The topological polar surface area (TPSA) is 214 Å². The third-order valence-electron chi connectivity index (χ3n) is 11.7. The first-order valence-electron chi connectivity index (χ1n) is 24.4. The number of carbonyl (C=O) groups is 1. The largest absolute Gasteiger partial charge is 0.457 e. The smallest absolute Gasteiger partial charge is 0.306 e. The molecule has 364 valence electrons. The van der Waals surface area contributed by atoms with Crippen LogP contribution in [0.25, 0.3) is 0 Å². The van der Waals surface area contributed by atoms with E-state index in [1.54, 1.807) is 0 Å². The second-order valence-electron chi connectivity index (χ2n) is 17.3. The van der Waals surface area contributed by atoms with Gasteiger partial charge in [0.1, 0.15) is 54.9 Å². The molecule has 14 nitrogen and oxygen atoms in total. The summed E-state index contributed by atoms with van der Waals surface area (Å²) in [5.41, 5.74) is 0. The third-order valence-corrected chi connectivity index (χ3v) is 11.7. The maximum atomic E-state index is 13.0. The van der Waals surface area contributed by atoms with Crippen molar-refractivity contribution in [3.8, 4) is 0 Å². The number of aliphatic hydroxyl groups is 7. The summed E-state index contributed by atoms with van der Waals surface area (Å²) >= 11 is 0. The summed E-state index contributed by atoms with van der Waals surface area (Å²) in [6.45, 7) is 3.65. The maximum Gasteiger partial charge on any atom is 0.306 e. The SMILES string of the molecule is CCCCCC/C=C\C/C=C\CCCCCCCC(=O)OC(COCCCCCCCCCCCCCC)COC1OC(COC2OC(CO)C(O)C(O)C2O)C(O)C(O)C1O. The quantitative estimate of drug-likeness (QED) is 0.0202. The lowest BCUT2D eigenvalue weighted by Gasteiger charge is -2.42. The van der Waals surface area contributed by atoms with Crippen LogP contribution in [0.1, 0.15) is 174 Å². The van der Waals surface area contributed by atoms with Crippen molar-refractivity contribution in [1.29, 1.82) is 0 Å². The van der Waals surface area contributed by atoms with Gasteiger partial charge in [0.15, 0.2) is 12.6 Å². The molecule has 0 aromatic heterocycles. The Labute approximate surface area is 373 Å². The molecule has 2 fully saturated rings. The minimum Gasteiger partial charge on any atom is -0.457 e. The number of rotatable bonds is 38. The average Bonchev–Trinajstić information content (AvgIpc) is 3.27. The van der Waals surface area contributed by atoms with Crippen LogP contribution in [-0.4, -0.2) is 142 Å². The highest BCUT2D eigenvalue weighted by atomic mass is 16.7. The number of aliphatic hydroxyl groups excluding tert-OH is 7. The Morgan fingerprint density at radius 2 is 1.00 bits per heavy atom. The summed E-state index contributed by atoms with van der Waals surface area (Å²) in [5, 5.41) is 72.0. The van der Waals surface area contributed by atoms with Crippen molar-refractivity contribution in [3.63, 3.8) is 0 Å². The van der Waals surface area contributed by atoms with Crippen LogP contribution in [0, 0.1) is 0 Å². The lowest BCUT2D eigenvalue weighted by Crippen LogP contribution is -2.61. The summed E-state index contributed by atoms with van der Waals surface area (Å²) in [5.74, 6) is -0.389. The van der Waals surface area contributed by atoms with E-state index in [4.69, 9.17) is 28.4 Å². The van der Waals surface area contributed by atoms with Crippen LogP contribution in [0.3, 0.4) is 0 Å². The molecule has 2 aliphatic heterocycles. The molecule has 62 heavy (non-hydrogen) atoms. The Balaban J connectivity index is 1.80. The van der Waals surface area contributed by atoms with Gasteiger partial charge in [-0.3, -0.25) is 4.79 Å². The van der Waals surface area contributed by atoms with Crippen molar-refractivity contribution >= 4 is 5.97 Å². The second-order valence-corrected chi connectivity index (χ2v) is 17.3. The van der Waals surface area contributed by atoms with Crippen molar-refractivity contribution < 1.29 is 69.0 Å². The molecule has 0 saturated carbocycles. The minimum atomic E-state index is -1.71. The van der Waals surface area contributed by atoms with Gasteiger partial charge in [-0.15, -0.1) is 0 Å². The lowest BCUT2D eigenvalue weighted by molar-refractivity contribution is -0.332. The van der Waals surface area contributed by atoms with Crippen molar-refractivity contribution in [2.75, 3.05) is 33.0 Å². The van der Waals surface area contributed by atoms with E-state index >= 15 is 0 Å². The van der Waals surface area contributed by atoms with Gasteiger partial charge in [0.2, 0.25) is 0 Å². The van der Waals surface area contributed by atoms with E-state index in [2.05, 4.69) is 38.2 Å². The van der Waals surface area contributed by atoms with Crippen molar-refractivity contribution in [2.24, 2.45) is 0 Å². The molecule has 0 spiro atoms. The summed E-state index contributed by atoms with van der Waals surface area (Å²) in [6.07, 6.45) is 20.9. The molecule has 2 rings (SSSR count). The normalized spacial score (nSPS) is 27.4. The van der Waals surface area contributed by atoms with E-state index in [0.717, 1.165) is 64.2 Å². The van der Waals surface area contributed by atoms with Crippen LogP contribution in [0.4, 0.5) is 0 Å². The van der Waals surface area contributed by atoms with Crippen LogP contribution < -0.4 is 0 Å². The third kappa shape index (κ3) is 24.7. The van der Waals surface area contributed by atoms with E-state index in [0.29, 0.717) is 13.0 Å². The van der Waals surface area contributed by atoms with Crippen molar-refractivity contribution in [3.05, 3.63) is 24.3 Å². The Morgan fingerprint density at radius 3 is 1.56 bits per heavy atom. The van der Waals surface area contributed by atoms with Crippen LogP contribution in [0.15, 0.2) is 24.3 Å². The molecule has 7 N–H and O–H groups in total. The molecule has 2 heterocycles. The Hall–Kier alpha value is -1.53. The molecule has 0 bridgehead atoms. The Bertz CT molecular complexity index is 1120. The number of ether oxygens (including phenoxy) is 6. The number of hydrogen-bond acceptors (Lipinski definition) is 14. The summed E-state index contributed by atoms with van der Waals surface area (Å²) < 4.78 is 34.2. The summed E-state index contributed by atoms with van der Waals surface area (Å²) in [7, 11) is 0. The second kappa shape index (κ2) is 36.7. The van der Waals surface area contributed by atoms with Gasteiger partial charge in [-0.25, -0.2) is 0 Å². The van der Waals surface area contributed by atoms with E-state index in [-0.39, 0.29) is 25.6 Å². The first-order chi connectivity index (χ1) is 30.1. The molecule has 0 aromatic rings. The molecule has 0 radical (unpaired) electrons. The molecule has 0 aliphatic carbocycles. The van der Waals surface area contributed by atoms with Crippen LogP contribution in [0.5, 0.6) is 0 Å². The van der Waals surface area contributed by atoms with Gasteiger partial charge in [-0.2, -0.15) is 0 Å². The molecule has 0 amide bonds. The maximum absolute atomic E-state index is 13.0. The Kier molecular flexibility index (Phi) is 33.5. The van der Waals surface area contributed by atoms with Gasteiger partial charge in [-0.1, -0.05) is 147 Å². The van der Waals surface area contributed by atoms with Crippen molar-refractivity contribution in [1.82, 2.24) is 0 Å². The number of unbranched alkanes of at least 4 members (excludes halogenated alkanes) is 20. The zero-order valence-electron chi connectivity index (χ0n) is 38.4. The van der Waals surface area contributed by atoms with Gasteiger partial charge < -0.3 is 64.2 Å². The van der Waals surface area contributed by atoms with E-state index in [9.17, 15) is 40.5 Å². The van der Waals surface area contributed by atoms with Crippen LogP contribution in [-0.2, 0) is 33.2 Å². The predicted octanol–water partition coefficient (Wildman–Crippen LogP) is 6.46. The molecule has 2 saturated heterocycles. The first kappa shape index (κ1) is 56.6. The summed E-state index contributed by atoms with van der Waals surface area (Å²) in [4.78, 5) is 13.0. The van der Waals surface area contributed by atoms with Gasteiger partial charge in [0, 0.05) is 13.0 Å². The Morgan fingerprint density at radius 1 is 0.532 bits per heavy atom. The highest BCUT2D eigenvalue weighted by Crippen LogP contribution is 2.26. The monoisotopic (exact) mass is 889 g/mol. The summed E-state index contributed by atoms with van der Waals surface area (Å²) in [6, 6.07) is 0. The van der Waals surface area contributed by atoms with E-state index in [1.807, 2.05) is 0 Å². The first-order valence-corrected chi connectivity index (χ1v) is 24.4. The lowest BCUT2D eigenvalue weighted by atomic mass is 9.98. The fraction of sp³-hybridized carbons (Fsp3) is 0.896. The average molecular weight is 889 g/mol. The molecule has 11 unspecified atom stereocenters. The number of carbonyl (C=O) groups excluding carboxylic acids is 1. The van der Waals surface area contributed by atoms with Crippen molar-refractivity contribution in [2.45, 2.75) is 242 Å². The zero-order chi connectivity index (χ0) is 45.2. The molecular weight excluding hydrogens is 801 g/mol. The van der Waals surface area contributed by atoms with Crippen LogP contribution in [0.2, 0.25) is 0 Å². The molecular formula is C48H88O14. The van der Waals surface area contributed by atoms with Crippen LogP contribution >= 0.6 is 0 Å². The molecule has 0 aromatic carbocycles. The van der Waals surface area contributed by atoms with E-state index < -0.39 is 80.7 Å². The van der Waals surface area contributed by atoms with E-state index in [1.165, 1.54) is 83.5 Å². The predicted molar refractivity (Wildman–Crippen MR) is 238 cm³/mol. The molecule has 14 heteroatoms. The number of esters is 1. The number of allylic oxidation sites excluding steroid dienone is 4. The van der Waals surface area contributed by atoms with Gasteiger partial charge >= 0.3 is 5.97 Å². The number of hydrogen-bond donors (Lipinski definition) is 7. The highest BCUT2D eigenvalue weighted by Gasteiger charge is 2.47. The van der Waals surface area contributed by atoms with Gasteiger partial charge in [0.25, 0.3) is 0 Å². The van der Waals surface area contributed by atoms with Gasteiger partial charge in [0.05, 0.1) is 26.4 Å². The molecule has 11 atom stereocenters.